The van der Waals surface area contributed by atoms with Crippen LogP contribution >= 0.6 is 15.9 Å². The summed E-state index contributed by atoms with van der Waals surface area (Å²) in [5, 5.41) is 1.03. The molecule has 0 atom stereocenters. The Morgan fingerprint density at radius 1 is 1.00 bits per heavy atom. The molecule has 0 heterocycles. The van der Waals surface area contributed by atoms with Crippen molar-refractivity contribution in [3.8, 4) is 0 Å². The molecule has 21 heavy (non-hydrogen) atoms. The molecule has 0 fully saturated rings. The molecule has 0 aromatic carbocycles. The standard InChI is InChI=1S/C14H28O2.C3H8BrN/c1-5-6-7-8-9-10-11-12-13(15)16-14(2,3)4;4-2-1-3-5/h5-12H2,1-4H3;1-3,5H2. The van der Waals surface area contributed by atoms with Crippen molar-refractivity contribution >= 4 is 21.9 Å². The number of hydrogen-bond acceptors (Lipinski definition) is 3. The lowest BCUT2D eigenvalue weighted by molar-refractivity contribution is -0.154. The van der Waals surface area contributed by atoms with E-state index in [9.17, 15) is 4.79 Å². The Morgan fingerprint density at radius 2 is 1.52 bits per heavy atom. The van der Waals surface area contributed by atoms with Crippen LogP contribution in [0.5, 0.6) is 0 Å². The quantitative estimate of drug-likeness (QED) is 0.328. The maximum absolute atomic E-state index is 11.4. The molecule has 0 aromatic heterocycles. The molecule has 0 bridgehead atoms. The van der Waals surface area contributed by atoms with Gasteiger partial charge in [-0.2, -0.15) is 0 Å². The summed E-state index contributed by atoms with van der Waals surface area (Å²) in [4.78, 5) is 11.4. The van der Waals surface area contributed by atoms with Crippen LogP contribution in [0, 0.1) is 0 Å². The van der Waals surface area contributed by atoms with Crippen LogP contribution in [0.2, 0.25) is 0 Å². The second-order valence-electron chi connectivity index (χ2n) is 6.29. The van der Waals surface area contributed by atoms with Gasteiger partial charge in [0.2, 0.25) is 0 Å². The monoisotopic (exact) mass is 365 g/mol. The average Bonchev–Trinajstić information content (AvgIpc) is 2.37. The van der Waals surface area contributed by atoms with Gasteiger partial charge in [-0.15, -0.1) is 0 Å². The molecule has 0 aliphatic heterocycles. The fourth-order valence-electron chi connectivity index (χ4n) is 1.70. The van der Waals surface area contributed by atoms with Gasteiger partial charge in [-0.3, -0.25) is 4.79 Å². The van der Waals surface area contributed by atoms with Gasteiger partial charge < -0.3 is 10.5 Å². The lowest BCUT2D eigenvalue weighted by atomic mass is 10.1. The van der Waals surface area contributed by atoms with E-state index >= 15 is 0 Å². The highest BCUT2D eigenvalue weighted by molar-refractivity contribution is 9.09. The van der Waals surface area contributed by atoms with Gasteiger partial charge in [-0.05, 0) is 40.2 Å². The number of nitrogens with two attached hydrogens (primary N) is 1. The van der Waals surface area contributed by atoms with Crippen LogP contribution in [0.3, 0.4) is 0 Å². The summed E-state index contributed by atoms with van der Waals surface area (Å²) < 4.78 is 5.24. The van der Waals surface area contributed by atoms with E-state index < -0.39 is 0 Å². The zero-order valence-corrected chi connectivity index (χ0v) is 16.1. The minimum atomic E-state index is -0.335. The molecule has 0 aromatic rings. The summed E-state index contributed by atoms with van der Waals surface area (Å²) in [5.41, 5.74) is 4.77. The van der Waals surface area contributed by atoms with Gasteiger partial charge in [-0.1, -0.05) is 61.4 Å². The molecule has 0 saturated heterocycles. The molecule has 3 nitrogen and oxygen atoms in total. The minimum absolute atomic E-state index is 0.0546. The molecule has 4 heteroatoms. The molecule has 0 spiro atoms. The van der Waals surface area contributed by atoms with E-state index in [-0.39, 0.29) is 11.6 Å². The average molecular weight is 366 g/mol. The SMILES string of the molecule is CCCCCCCCCC(=O)OC(C)(C)C.NCCCBr. The molecule has 0 radical (unpaired) electrons. The van der Waals surface area contributed by atoms with Gasteiger partial charge in [0, 0.05) is 11.8 Å². The van der Waals surface area contributed by atoms with Crippen molar-refractivity contribution in [1.29, 1.82) is 0 Å². The van der Waals surface area contributed by atoms with Crippen molar-refractivity contribution in [3.05, 3.63) is 0 Å². The summed E-state index contributed by atoms with van der Waals surface area (Å²) >= 11 is 3.23. The van der Waals surface area contributed by atoms with Gasteiger partial charge >= 0.3 is 5.97 Å². The van der Waals surface area contributed by atoms with Crippen LogP contribution in [0.15, 0.2) is 0 Å². The van der Waals surface area contributed by atoms with Gasteiger partial charge in [0.1, 0.15) is 5.60 Å². The number of unbranched alkanes of at least 4 members (excludes halogenated alkanes) is 6. The minimum Gasteiger partial charge on any atom is -0.460 e. The number of alkyl halides is 1. The molecular formula is C17H36BrNO2. The Balaban J connectivity index is 0. The van der Waals surface area contributed by atoms with Crippen molar-refractivity contribution in [2.24, 2.45) is 5.73 Å². The van der Waals surface area contributed by atoms with Crippen molar-refractivity contribution in [2.75, 3.05) is 11.9 Å². The molecule has 2 N–H and O–H groups in total. The largest absolute Gasteiger partial charge is 0.460 e. The maximum Gasteiger partial charge on any atom is 0.306 e. The topological polar surface area (TPSA) is 52.3 Å². The van der Waals surface area contributed by atoms with Crippen LogP contribution in [-0.2, 0) is 9.53 Å². The van der Waals surface area contributed by atoms with E-state index in [1.54, 1.807) is 0 Å². The van der Waals surface area contributed by atoms with E-state index in [0.717, 1.165) is 31.1 Å². The summed E-state index contributed by atoms with van der Waals surface area (Å²) in [6, 6.07) is 0. The van der Waals surface area contributed by atoms with E-state index in [1.807, 2.05) is 20.8 Å². The zero-order chi connectivity index (χ0) is 16.6. The second kappa shape index (κ2) is 16.3. The molecular weight excluding hydrogens is 330 g/mol. The first-order valence-electron chi connectivity index (χ1n) is 8.35. The first-order valence-corrected chi connectivity index (χ1v) is 9.47. The predicted octanol–water partition coefficient (Wildman–Crippen LogP) is 5.20. The molecule has 0 rings (SSSR count). The maximum atomic E-state index is 11.4. The number of hydrogen-bond donors (Lipinski definition) is 1. The van der Waals surface area contributed by atoms with Crippen LogP contribution < -0.4 is 5.73 Å². The van der Waals surface area contributed by atoms with Gasteiger partial charge in [-0.25, -0.2) is 0 Å². The Kier molecular flexibility index (Phi) is 18.0. The highest BCUT2D eigenvalue weighted by Crippen LogP contribution is 2.12. The number of ether oxygens (including phenoxy) is 1. The van der Waals surface area contributed by atoms with Crippen molar-refractivity contribution in [3.63, 3.8) is 0 Å². The smallest absolute Gasteiger partial charge is 0.306 e. The lowest BCUT2D eigenvalue weighted by Crippen LogP contribution is -2.23. The van der Waals surface area contributed by atoms with Gasteiger partial charge in [0.15, 0.2) is 0 Å². The summed E-state index contributed by atoms with van der Waals surface area (Å²) in [7, 11) is 0. The highest BCUT2D eigenvalue weighted by atomic mass is 79.9. The van der Waals surface area contributed by atoms with Crippen molar-refractivity contribution < 1.29 is 9.53 Å². The molecule has 0 saturated carbocycles. The van der Waals surface area contributed by atoms with Crippen LogP contribution in [0.1, 0.15) is 85.5 Å². The summed E-state index contributed by atoms with van der Waals surface area (Å²) in [6.07, 6.45) is 10.3. The third-order valence-corrected chi connectivity index (χ3v) is 3.30. The summed E-state index contributed by atoms with van der Waals surface area (Å²) in [6.45, 7) is 8.76. The van der Waals surface area contributed by atoms with E-state index in [0.29, 0.717) is 6.42 Å². The third kappa shape index (κ3) is 25.2. The Bertz CT molecular complexity index is 225. The number of rotatable bonds is 10. The fraction of sp³-hybridized carbons (Fsp3) is 0.941. The molecule has 0 amide bonds. The molecule has 0 aliphatic carbocycles. The van der Waals surface area contributed by atoms with E-state index in [2.05, 4.69) is 22.9 Å². The van der Waals surface area contributed by atoms with Crippen molar-refractivity contribution in [1.82, 2.24) is 0 Å². The number of esters is 1. The molecule has 0 aliphatic rings. The van der Waals surface area contributed by atoms with Crippen LogP contribution in [0.4, 0.5) is 0 Å². The second-order valence-corrected chi connectivity index (χ2v) is 7.08. The molecule has 128 valence electrons. The third-order valence-electron chi connectivity index (χ3n) is 2.74. The van der Waals surface area contributed by atoms with Crippen LogP contribution in [0.25, 0.3) is 0 Å². The van der Waals surface area contributed by atoms with Gasteiger partial charge in [0.25, 0.3) is 0 Å². The zero-order valence-electron chi connectivity index (χ0n) is 14.5. The first-order chi connectivity index (χ1) is 9.87. The Hall–Kier alpha value is -0.0900. The van der Waals surface area contributed by atoms with E-state index in [1.165, 1.54) is 32.1 Å². The Labute approximate surface area is 140 Å². The lowest BCUT2D eigenvalue weighted by Gasteiger charge is -2.19. The first kappa shape index (κ1) is 23.2. The van der Waals surface area contributed by atoms with Crippen molar-refractivity contribution in [2.45, 2.75) is 91.1 Å². The number of carbonyl (C=O) groups is 1. The van der Waals surface area contributed by atoms with E-state index in [4.69, 9.17) is 10.5 Å². The fourth-order valence-corrected chi connectivity index (χ4v) is 2.02. The summed E-state index contributed by atoms with van der Waals surface area (Å²) in [5.74, 6) is -0.0546. The van der Waals surface area contributed by atoms with Gasteiger partial charge in [0.05, 0.1) is 0 Å². The number of halogens is 1. The predicted molar refractivity (Wildman–Crippen MR) is 95.9 cm³/mol. The number of carbonyl (C=O) groups excluding carboxylic acids is 1. The Morgan fingerprint density at radius 3 is 1.90 bits per heavy atom. The highest BCUT2D eigenvalue weighted by Gasteiger charge is 2.15. The normalized spacial score (nSPS) is 10.8. The van der Waals surface area contributed by atoms with Crippen LogP contribution in [-0.4, -0.2) is 23.4 Å². The molecule has 0 unspecified atom stereocenters.